The second kappa shape index (κ2) is 5.87. The van der Waals surface area contributed by atoms with Crippen LogP contribution in [0.3, 0.4) is 0 Å². The van der Waals surface area contributed by atoms with Crippen LogP contribution >= 0.6 is 0 Å². The molecule has 1 aromatic carbocycles. The zero-order chi connectivity index (χ0) is 13.9. The zero-order valence-corrected chi connectivity index (χ0v) is 12.2. The van der Waals surface area contributed by atoms with Gasteiger partial charge in [0, 0.05) is 12.7 Å². The van der Waals surface area contributed by atoms with Crippen LogP contribution in [0.15, 0.2) is 24.3 Å². The van der Waals surface area contributed by atoms with Crippen molar-refractivity contribution >= 4 is 5.78 Å². The van der Waals surface area contributed by atoms with Gasteiger partial charge in [-0.1, -0.05) is 38.1 Å². The Bertz CT molecular complexity index is 421. The molecule has 2 heteroatoms. The van der Waals surface area contributed by atoms with Gasteiger partial charge in [0.25, 0.3) is 0 Å². The Morgan fingerprint density at radius 1 is 1.21 bits per heavy atom. The Labute approximate surface area is 116 Å². The van der Waals surface area contributed by atoms with E-state index in [2.05, 4.69) is 26.0 Å². The summed E-state index contributed by atoms with van der Waals surface area (Å²) in [4.78, 5) is 11.7. The molecule has 1 fully saturated rings. The van der Waals surface area contributed by atoms with Crippen LogP contribution in [0.4, 0.5) is 0 Å². The van der Waals surface area contributed by atoms with E-state index in [1.807, 2.05) is 12.1 Å². The molecule has 0 radical (unpaired) electrons. The van der Waals surface area contributed by atoms with Crippen LogP contribution in [0.1, 0.15) is 61.4 Å². The predicted octanol–water partition coefficient (Wildman–Crippen LogP) is 4.20. The number of methoxy groups -OCH3 is 1. The highest BCUT2D eigenvalue weighted by Gasteiger charge is 2.27. The maximum atomic E-state index is 11.7. The molecule has 0 aliphatic heterocycles. The lowest BCUT2D eigenvalue weighted by Crippen LogP contribution is -2.20. The molecule has 0 saturated heterocycles. The number of benzene rings is 1. The summed E-state index contributed by atoms with van der Waals surface area (Å²) >= 11 is 0. The van der Waals surface area contributed by atoms with Crippen molar-refractivity contribution in [2.75, 3.05) is 13.7 Å². The molecule has 0 aromatic heterocycles. The van der Waals surface area contributed by atoms with Gasteiger partial charge in [-0.25, -0.2) is 0 Å². The Morgan fingerprint density at radius 2 is 1.79 bits per heavy atom. The summed E-state index contributed by atoms with van der Waals surface area (Å²) in [5, 5.41) is 0. The maximum absolute atomic E-state index is 11.7. The summed E-state index contributed by atoms with van der Waals surface area (Å²) in [6, 6.07) is 8.12. The van der Waals surface area contributed by atoms with E-state index in [1.54, 1.807) is 7.11 Å². The molecule has 19 heavy (non-hydrogen) atoms. The molecular formula is C17H24O2. The Hall–Kier alpha value is -1.15. The minimum atomic E-state index is 0.0545. The van der Waals surface area contributed by atoms with Crippen molar-refractivity contribution in [3.05, 3.63) is 35.4 Å². The Balaban J connectivity index is 2.01. The average molecular weight is 260 g/mol. The SMILES string of the molecule is COCC(=O)c1ccc(C2CCC(C)(C)CC2)cc1. The Morgan fingerprint density at radius 3 is 2.32 bits per heavy atom. The van der Waals surface area contributed by atoms with Crippen LogP contribution in [-0.2, 0) is 4.74 Å². The first kappa shape index (κ1) is 14.3. The van der Waals surface area contributed by atoms with Crippen LogP contribution in [0.2, 0.25) is 0 Å². The van der Waals surface area contributed by atoms with Gasteiger partial charge in [0.05, 0.1) is 0 Å². The lowest BCUT2D eigenvalue weighted by molar-refractivity contribution is 0.0848. The van der Waals surface area contributed by atoms with Crippen molar-refractivity contribution in [2.24, 2.45) is 5.41 Å². The van der Waals surface area contributed by atoms with E-state index in [4.69, 9.17) is 4.74 Å². The third-order valence-electron chi connectivity index (χ3n) is 4.32. The highest BCUT2D eigenvalue weighted by Crippen LogP contribution is 2.42. The number of hydrogen-bond acceptors (Lipinski definition) is 2. The molecule has 2 nitrogen and oxygen atoms in total. The quantitative estimate of drug-likeness (QED) is 0.758. The standard InChI is InChI=1S/C17H24O2/c1-17(2)10-8-14(9-11-17)13-4-6-15(7-5-13)16(18)12-19-3/h4-7,14H,8-12H2,1-3H3. The smallest absolute Gasteiger partial charge is 0.188 e. The number of rotatable bonds is 4. The number of carbonyl (C=O) groups excluding carboxylic acids is 1. The van der Waals surface area contributed by atoms with Crippen LogP contribution in [0, 0.1) is 5.41 Å². The van der Waals surface area contributed by atoms with E-state index >= 15 is 0 Å². The van der Waals surface area contributed by atoms with Crippen molar-refractivity contribution in [3.63, 3.8) is 0 Å². The molecule has 0 unspecified atom stereocenters. The summed E-state index contributed by atoms with van der Waals surface area (Å²) in [5.74, 6) is 0.721. The molecular weight excluding hydrogens is 236 g/mol. The molecule has 1 aliphatic carbocycles. The van der Waals surface area contributed by atoms with Gasteiger partial charge in [0.1, 0.15) is 6.61 Å². The van der Waals surface area contributed by atoms with Gasteiger partial charge in [-0.05, 0) is 42.6 Å². The normalized spacial score (nSPS) is 19.3. The number of hydrogen-bond donors (Lipinski definition) is 0. The monoisotopic (exact) mass is 260 g/mol. The zero-order valence-electron chi connectivity index (χ0n) is 12.2. The molecule has 1 aromatic rings. The van der Waals surface area contributed by atoms with Gasteiger partial charge in [0.15, 0.2) is 5.78 Å². The fraction of sp³-hybridized carbons (Fsp3) is 0.588. The van der Waals surface area contributed by atoms with Crippen molar-refractivity contribution in [1.29, 1.82) is 0 Å². The van der Waals surface area contributed by atoms with E-state index in [1.165, 1.54) is 31.2 Å². The highest BCUT2D eigenvalue weighted by atomic mass is 16.5. The molecule has 0 N–H and O–H groups in total. The summed E-state index contributed by atoms with van der Waals surface area (Å²) in [5.41, 5.74) is 2.64. The lowest BCUT2D eigenvalue weighted by Gasteiger charge is -2.34. The average Bonchev–Trinajstić information content (AvgIpc) is 2.39. The van der Waals surface area contributed by atoms with Crippen LogP contribution in [0.25, 0.3) is 0 Å². The third-order valence-corrected chi connectivity index (χ3v) is 4.32. The molecule has 0 bridgehead atoms. The molecule has 0 amide bonds. The van der Waals surface area contributed by atoms with Crippen molar-refractivity contribution < 1.29 is 9.53 Å². The molecule has 2 rings (SSSR count). The maximum Gasteiger partial charge on any atom is 0.188 e. The lowest BCUT2D eigenvalue weighted by atomic mass is 9.71. The van der Waals surface area contributed by atoms with E-state index in [0.717, 1.165) is 5.56 Å². The van der Waals surface area contributed by atoms with Gasteiger partial charge in [0.2, 0.25) is 0 Å². The third kappa shape index (κ3) is 3.66. The van der Waals surface area contributed by atoms with E-state index in [-0.39, 0.29) is 12.4 Å². The van der Waals surface area contributed by atoms with Gasteiger partial charge >= 0.3 is 0 Å². The fourth-order valence-electron chi connectivity index (χ4n) is 2.89. The van der Waals surface area contributed by atoms with Crippen LogP contribution in [0.5, 0.6) is 0 Å². The first-order valence-electron chi connectivity index (χ1n) is 7.14. The van der Waals surface area contributed by atoms with E-state index in [0.29, 0.717) is 11.3 Å². The molecule has 0 heterocycles. The molecule has 0 spiro atoms. The number of Topliss-reactive ketones (excluding diaryl/α,β-unsaturated/α-hetero) is 1. The topological polar surface area (TPSA) is 26.3 Å². The largest absolute Gasteiger partial charge is 0.377 e. The van der Waals surface area contributed by atoms with Gasteiger partial charge in [-0.3, -0.25) is 4.79 Å². The van der Waals surface area contributed by atoms with Gasteiger partial charge in [-0.2, -0.15) is 0 Å². The minimum Gasteiger partial charge on any atom is -0.377 e. The second-order valence-electron chi connectivity index (χ2n) is 6.42. The molecule has 1 saturated carbocycles. The van der Waals surface area contributed by atoms with Crippen LogP contribution in [-0.4, -0.2) is 19.5 Å². The van der Waals surface area contributed by atoms with Crippen molar-refractivity contribution in [1.82, 2.24) is 0 Å². The van der Waals surface area contributed by atoms with Gasteiger partial charge < -0.3 is 4.74 Å². The van der Waals surface area contributed by atoms with Crippen molar-refractivity contribution in [3.8, 4) is 0 Å². The molecule has 1 aliphatic rings. The number of carbonyl (C=O) groups is 1. The summed E-state index contributed by atoms with van der Waals surface area (Å²) in [6.07, 6.45) is 5.11. The summed E-state index contributed by atoms with van der Waals surface area (Å²) < 4.78 is 4.88. The number of ketones is 1. The van der Waals surface area contributed by atoms with Crippen molar-refractivity contribution in [2.45, 2.75) is 45.4 Å². The van der Waals surface area contributed by atoms with E-state index < -0.39 is 0 Å². The minimum absolute atomic E-state index is 0.0545. The van der Waals surface area contributed by atoms with Gasteiger partial charge in [-0.15, -0.1) is 0 Å². The predicted molar refractivity (Wildman–Crippen MR) is 77.6 cm³/mol. The first-order chi connectivity index (χ1) is 9.02. The fourth-order valence-corrected chi connectivity index (χ4v) is 2.89. The van der Waals surface area contributed by atoms with Crippen LogP contribution < -0.4 is 0 Å². The van der Waals surface area contributed by atoms with E-state index in [9.17, 15) is 4.79 Å². The summed E-state index contributed by atoms with van der Waals surface area (Å²) in [7, 11) is 1.55. The number of ether oxygens (including phenoxy) is 1. The highest BCUT2D eigenvalue weighted by molar-refractivity contribution is 5.97. The summed E-state index contributed by atoms with van der Waals surface area (Å²) in [6.45, 7) is 4.88. The first-order valence-corrected chi connectivity index (χ1v) is 7.14. The molecule has 0 atom stereocenters. The Kier molecular flexibility index (Phi) is 4.41. The molecule has 104 valence electrons. The second-order valence-corrected chi connectivity index (χ2v) is 6.42.